The van der Waals surface area contributed by atoms with E-state index >= 15 is 0 Å². The van der Waals surface area contributed by atoms with Gasteiger partial charge in [-0.05, 0) is 51.9 Å². The van der Waals surface area contributed by atoms with Crippen molar-refractivity contribution in [3.63, 3.8) is 0 Å². The van der Waals surface area contributed by atoms with Gasteiger partial charge in [-0.3, -0.25) is 9.59 Å². The molecule has 1 amide bonds. The number of aliphatic hydroxyl groups is 1. The van der Waals surface area contributed by atoms with E-state index in [1.807, 2.05) is 20.8 Å². The molecule has 1 atom stereocenters. The second-order valence-electron chi connectivity index (χ2n) is 8.98. The number of aliphatic hydroxyl groups excluding tert-OH is 1. The molecule has 0 aromatic rings. The summed E-state index contributed by atoms with van der Waals surface area (Å²) in [4.78, 5) is 27.5. The zero-order valence-electron chi connectivity index (χ0n) is 15.1. The normalized spacial score (nSPS) is 26.9. The molecular weight excluding hydrogens is 294 g/mol. The number of nitrogens with zero attached hydrogens (tertiary/aromatic N) is 1. The Morgan fingerprint density at radius 3 is 2.30 bits per heavy atom. The van der Waals surface area contributed by atoms with E-state index in [1.165, 1.54) is 0 Å². The Kier molecular flexibility index (Phi) is 4.82. The maximum atomic E-state index is 13.1. The largest absolute Gasteiger partial charge is 0.459 e. The number of carbonyl (C=O) groups excluding carboxylic acids is 2. The van der Waals surface area contributed by atoms with Crippen LogP contribution < -0.4 is 0 Å². The summed E-state index contributed by atoms with van der Waals surface area (Å²) in [6, 6.07) is 0. The molecule has 5 heteroatoms. The highest BCUT2D eigenvalue weighted by Crippen LogP contribution is 2.45. The highest BCUT2D eigenvalue weighted by molar-refractivity contribution is 6.03. The van der Waals surface area contributed by atoms with E-state index in [4.69, 9.17) is 4.74 Å². The van der Waals surface area contributed by atoms with Crippen molar-refractivity contribution in [3.05, 3.63) is 0 Å². The van der Waals surface area contributed by atoms with Crippen LogP contribution in [0.5, 0.6) is 0 Å². The lowest BCUT2D eigenvalue weighted by Crippen LogP contribution is -2.55. The molecule has 0 radical (unpaired) electrons. The standard InChI is InChI=1S/C18H31NO4/c1-16(2,3)23-15(22)18(8-6-9-18)14(21)19-10-7-13(20)11-17(4,5)12-19/h13,20H,6-12H2,1-5H3. The molecule has 0 aromatic heterocycles. The Balaban J connectivity index is 2.17. The summed E-state index contributed by atoms with van der Waals surface area (Å²) < 4.78 is 5.53. The topological polar surface area (TPSA) is 66.8 Å². The molecular formula is C18H31NO4. The van der Waals surface area contributed by atoms with Crippen molar-refractivity contribution in [2.75, 3.05) is 13.1 Å². The first-order valence-electron chi connectivity index (χ1n) is 8.66. The Bertz CT molecular complexity index is 474. The first-order valence-corrected chi connectivity index (χ1v) is 8.66. The lowest BCUT2D eigenvalue weighted by Gasteiger charge is -2.43. The molecule has 132 valence electrons. The molecule has 1 aliphatic heterocycles. The second-order valence-corrected chi connectivity index (χ2v) is 8.98. The first kappa shape index (κ1) is 18.2. The SMILES string of the molecule is CC1(C)CC(O)CCN(C(=O)C2(C(=O)OC(C)(C)C)CCC2)C1. The van der Waals surface area contributed by atoms with E-state index in [2.05, 4.69) is 13.8 Å². The van der Waals surface area contributed by atoms with Gasteiger partial charge in [0.15, 0.2) is 0 Å². The number of hydrogen-bond acceptors (Lipinski definition) is 4. The second kappa shape index (κ2) is 6.08. The molecule has 2 rings (SSSR count). The van der Waals surface area contributed by atoms with Gasteiger partial charge in [-0.25, -0.2) is 0 Å². The predicted octanol–water partition coefficient (Wildman–Crippen LogP) is 2.51. The van der Waals surface area contributed by atoms with Gasteiger partial charge in [-0.15, -0.1) is 0 Å². The number of esters is 1. The summed E-state index contributed by atoms with van der Waals surface area (Å²) in [5, 5.41) is 10.0. The van der Waals surface area contributed by atoms with Crippen molar-refractivity contribution < 1.29 is 19.4 Å². The minimum Gasteiger partial charge on any atom is -0.459 e. The van der Waals surface area contributed by atoms with Gasteiger partial charge in [0.25, 0.3) is 0 Å². The smallest absolute Gasteiger partial charge is 0.322 e. The van der Waals surface area contributed by atoms with Gasteiger partial charge in [-0.2, -0.15) is 0 Å². The molecule has 2 fully saturated rings. The maximum Gasteiger partial charge on any atom is 0.322 e. The predicted molar refractivity (Wildman–Crippen MR) is 87.7 cm³/mol. The average molecular weight is 325 g/mol. The van der Waals surface area contributed by atoms with Crippen molar-refractivity contribution in [3.8, 4) is 0 Å². The quantitative estimate of drug-likeness (QED) is 0.626. The van der Waals surface area contributed by atoms with Gasteiger partial charge >= 0.3 is 5.97 Å². The monoisotopic (exact) mass is 325 g/mol. The third-order valence-electron chi connectivity index (χ3n) is 4.83. The summed E-state index contributed by atoms with van der Waals surface area (Å²) in [6.45, 7) is 10.7. The van der Waals surface area contributed by atoms with E-state index in [9.17, 15) is 14.7 Å². The van der Waals surface area contributed by atoms with Crippen molar-refractivity contribution in [1.29, 1.82) is 0 Å². The molecule has 1 unspecified atom stereocenters. The van der Waals surface area contributed by atoms with Gasteiger partial charge in [0.2, 0.25) is 5.91 Å². The number of carbonyl (C=O) groups is 2. The highest BCUT2D eigenvalue weighted by atomic mass is 16.6. The van der Waals surface area contributed by atoms with Crippen LogP contribution in [0.15, 0.2) is 0 Å². The van der Waals surface area contributed by atoms with Crippen LogP contribution in [-0.4, -0.2) is 46.7 Å². The van der Waals surface area contributed by atoms with Crippen LogP contribution in [0.3, 0.4) is 0 Å². The molecule has 1 aliphatic carbocycles. The van der Waals surface area contributed by atoms with Crippen LogP contribution >= 0.6 is 0 Å². The van der Waals surface area contributed by atoms with Crippen molar-refractivity contribution in [2.45, 2.75) is 78.4 Å². The van der Waals surface area contributed by atoms with Gasteiger partial charge in [-0.1, -0.05) is 20.3 Å². The molecule has 0 aromatic carbocycles. The van der Waals surface area contributed by atoms with Crippen LogP contribution in [-0.2, 0) is 14.3 Å². The van der Waals surface area contributed by atoms with E-state index < -0.39 is 11.0 Å². The number of amides is 1. The van der Waals surface area contributed by atoms with E-state index in [-0.39, 0.29) is 23.4 Å². The molecule has 5 nitrogen and oxygen atoms in total. The fourth-order valence-electron chi connectivity index (χ4n) is 3.59. The van der Waals surface area contributed by atoms with Crippen LogP contribution in [0.4, 0.5) is 0 Å². The third-order valence-corrected chi connectivity index (χ3v) is 4.83. The van der Waals surface area contributed by atoms with Crippen LogP contribution in [0, 0.1) is 10.8 Å². The van der Waals surface area contributed by atoms with Gasteiger partial charge < -0.3 is 14.7 Å². The summed E-state index contributed by atoms with van der Waals surface area (Å²) in [7, 11) is 0. The van der Waals surface area contributed by atoms with E-state index in [1.54, 1.807) is 4.90 Å². The lowest BCUT2D eigenvalue weighted by atomic mass is 9.67. The first-order chi connectivity index (χ1) is 10.5. The Morgan fingerprint density at radius 1 is 1.22 bits per heavy atom. The molecule has 1 N–H and O–H groups in total. The van der Waals surface area contributed by atoms with Crippen LogP contribution in [0.2, 0.25) is 0 Å². The van der Waals surface area contributed by atoms with Crippen molar-refractivity contribution in [2.24, 2.45) is 10.8 Å². The number of rotatable bonds is 2. The molecule has 1 saturated heterocycles. The summed E-state index contributed by atoms with van der Waals surface area (Å²) in [5.41, 5.74) is -1.74. The summed E-state index contributed by atoms with van der Waals surface area (Å²) in [5.74, 6) is -0.496. The number of ether oxygens (including phenoxy) is 1. The highest BCUT2D eigenvalue weighted by Gasteiger charge is 2.55. The maximum absolute atomic E-state index is 13.1. The Morgan fingerprint density at radius 2 is 1.83 bits per heavy atom. The van der Waals surface area contributed by atoms with Crippen LogP contribution in [0.25, 0.3) is 0 Å². The Hall–Kier alpha value is -1.10. The molecule has 2 aliphatic rings. The number of likely N-dealkylation sites (tertiary alicyclic amines) is 1. The molecule has 1 heterocycles. The molecule has 0 spiro atoms. The van der Waals surface area contributed by atoms with Crippen LogP contribution in [0.1, 0.15) is 66.7 Å². The number of hydrogen-bond donors (Lipinski definition) is 1. The third kappa shape index (κ3) is 4.06. The minimum atomic E-state index is -1.00. The van der Waals surface area contributed by atoms with Gasteiger partial charge in [0.1, 0.15) is 11.0 Å². The molecule has 23 heavy (non-hydrogen) atoms. The fraction of sp³-hybridized carbons (Fsp3) is 0.889. The Labute approximate surface area is 139 Å². The summed E-state index contributed by atoms with van der Waals surface area (Å²) >= 11 is 0. The zero-order valence-corrected chi connectivity index (χ0v) is 15.1. The van der Waals surface area contributed by atoms with Crippen molar-refractivity contribution in [1.82, 2.24) is 4.90 Å². The van der Waals surface area contributed by atoms with Gasteiger partial charge in [0.05, 0.1) is 6.10 Å². The lowest BCUT2D eigenvalue weighted by molar-refractivity contribution is -0.181. The van der Waals surface area contributed by atoms with Crippen molar-refractivity contribution >= 4 is 11.9 Å². The fourth-order valence-corrected chi connectivity index (χ4v) is 3.59. The zero-order chi connectivity index (χ0) is 17.5. The molecule has 1 saturated carbocycles. The average Bonchev–Trinajstić information content (AvgIpc) is 2.42. The van der Waals surface area contributed by atoms with Gasteiger partial charge in [0, 0.05) is 13.1 Å². The van der Waals surface area contributed by atoms with E-state index in [0.29, 0.717) is 38.8 Å². The molecule has 0 bridgehead atoms. The minimum absolute atomic E-state index is 0.111. The summed E-state index contributed by atoms with van der Waals surface area (Å²) in [6.07, 6.45) is 2.88. The van der Waals surface area contributed by atoms with E-state index in [0.717, 1.165) is 6.42 Å².